The zero-order valence-corrected chi connectivity index (χ0v) is 12.7. The lowest BCUT2D eigenvalue weighted by Crippen LogP contribution is -2.50. The Morgan fingerprint density at radius 2 is 1.75 bits per heavy atom. The van der Waals surface area contributed by atoms with Crippen molar-refractivity contribution in [1.82, 2.24) is 16.0 Å². The fraction of sp³-hybridized carbons (Fsp3) is 0.769. The van der Waals surface area contributed by atoms with Gasteiger partial charge in [-0.2, -0.15) is 0 Å². The number of rotatable bonds is 7. The predicted octanol–water partition coefficient (Wildman–Crippen LogP) is 0.557. The number of carbonyl (C=O) groups excluding carboxylic acids is 2. The van der Waals surface area contributed by atoms with E-state index in [1.54, 1.807) is 13.8 Å². The Bertz CT molecular complexity index is 367. The predicted molar refractivity (Wildman–Crippen MR) is 75.3 cm³/mol. The molecule has 0 saturated carbocycles. The minimum atomic E-state index is -1.07. The van der Waals surface area contributed by atoms with Crippen molar-refractivity contribution >= 4 is 17.9 Å². The van der Waals surface area contributed by atoms with Gasteiger partial charge in [0.25, 0.3) is 0 Å². The molecule has 0 aliphatic rings. The minimum Gasteiger partial charge on any atom is -0.480 e. The van der Waals surface area contributed by atoms with E-state index < -0.39 is 23.5 Å². The average Bonchev–Trinajstić information content (AvgIpc) is 2.34. The van der Waals surface area contributed by atoms with Crippen LogP contribution >= 0.6 is 0 Å². The van der Waals surface area contributed by atoms with E-state index in [0.717, 1.165) is 0 Å². The smallest absolute Gasteiger partial charge is 0.326 e. The van der Waals surface area contributed by atoms with E-state index in [9.17, 15) is 14.4 Å². The molecule has 116 valence electrons. The van der Waals surface area contributed by atoms with Crippen molar-refractivity contribution in [1.29, 1.82) is 0 Å². The molecular weight excluding hydrogens is 262 g/mol. The molecule has 0 rings (SSSR count). The highest BCUT2D eigenvalue weighted by Gasteiger charge is 2.28. The van der Waals surface area contributed by atoms with Gasteiger partial charge in [-0.15, -0.1) is 0 Å². The van der Waals surface area contributed by atoms with Crippen molar-refractivity contribution in [3.63, 3.8) is 0 Å². The maximum absolute atomic E-state index is 11.7. The van der Waals surface area contributed by atoms with Gasteiger partial charge >= 0.3 is 12.0 Å². The van der Waals surface area contributed by atoms with Crippen molar-refractivity contribution in [3.8, 4) is 0 Å². The van der Waals surface area contributed by atoms with E-state index in [1.807, 2.05) is 13.8 Å². The highest BCUT2D eigenvalue weighted by atomic mass is 16.4. The molecule has 0 aromatic rings. The van der Waals surface area contributed by atoms with Gasteiger partial charge in [0.2, 0.25) is 5.91 Å². The Labute approximate surface area is 119 Å². The molecule has 1 atom stereocenters. The van der Waals surface area contributed by atoms with Crippen molar-refractivity contribution < 1.29 is 19.5 Å². The Morgan fingerprint density at radius 1 is 1.20 bits per heavy atom. The first-order valence-corrected chi connectivity index (χ1v) is 6.59. The fourth-order valence-electron chi connectivity index (χ4n) is 1.62. The summed E-state index contributed by atoms with van der Waals surface area (Å²) in [5, 5.41) is 16.4. The Balaban J connectivity index is 4.41. The van der Waals surface area contributed by atoms with Crippen LogP contribution in [-0.4, -0.2) is 42.6 Å². The lowest BCUT2D eigenvalue weighted by atomic mass is 9.92. The van der Waals surface area contributed by atoms with Crippen LogP contribution in [0.3, 0.4) is 0 Å². The van der Waals surface area contributed by atoms with E-state index in [4.69, 9.17) is 5.11 Å². The molecule has 20 heavy (non-hydrogen) atoms. The summed E-state index contributed by atoms with van der Waals surface area (Å²) in [5.74, 6) is -1.12. The molecule has 3 amide bonds. The molecule has 0 fully saturated rings. The number of carboxylic acid groups (broad SMARTS) is 1. The van der Waals surface area contributed by atoms with Gasteiger partial charge in [0, 0.05) is 13.6 Å². The van der Waals surface area contributed by atoms with Gasteiger partial charge in [0.15, 0.2) is 0 Å². The van der Waals surface area contributed by atoms with Crippen LogP contribution in [0.1, 0.15) is 34.1 Å². The molecule has 0 aromatic heterocycles. The van der Waals surface area contributed by atoms with Crippen LogP contribution in [0.2, 0.25) is 0 Å². The second kappa shape index (κ2) is 7.72. The monoisotopic (exact) mass is 287 g/mol. The number of urea groups is 1. The SMILES string of the molecule is CNC(=O)C(C)(C)CNC(=O)N[C@@H](CC(C)C)C(=O)O. The third kappa shape index (κ3) is 6.40. The van der Waals surface area contributed by atoms with Gasteiger partial charge in [0.05, 0.1) is 5.41 Å². The fourth-order valence-corrected chi connectivity index (χ4v) is 1.62. The van der Waals surface area contributed by atoms with Gasteiger partial charge < -0.3 is 21.1 Å². The standard InChI is InChI=1S/C13H25N3O4/c1-8(2)6-9(10(17)18)16-12(20)15-7-13(3,4)11(19)14-5/h8-9H,6-7H2,1-5H3,(H,14,19)(H,17,18)(H2,15,16,20)/t9-/m0/s1. The molecule has 0 saturated heterocycles. The molecule has 0 aliphatic carbocycles. The summed E-state index contributed by atoms with van der Waals surface area (Å²) in [7, 11) is 1.52. The average molecular weight is 287 g/mol. The third-order valence-corrected chi connectivity index (χ3v) is 2.84. The van der Waals surface area contributed by atoms with Gasteiger partial charge in [-0.05, 0) is 26.2 Å². The summed E-state index contributed by atoms with van der Waals surface area (Å²) in [6.07, 6.45) is 0.349. The molecule has 7 heteroatoms. The Morgan fingerprint density at radius 3 is 2.15 bits per heavy atom. The summed E-state index contributed by atoms with van der Waals surface area (Å²) in [6, 6.07) is -1.52. The van der Waals surface area contributed by atoms with E-state index in [1.165, 1.54) is 7.05 Å². The summed E-state index contributed by atoms with van der Waals surface area (Å²) >= 11 is 0. The lowest BCUT2D eigenvalue weighted by Gasteiger charge is -2.24. The minimum absolute atomic E-state index is 0.118. The first-order chi connectivity index (χ1) is 9.10. The number of hydrogen-bond donors (Lipinski definition) is 4. The molecule has 0 spiro atoms. The maximum atomic E-state index is 11.7. The zero-order chi connectivity index (χ0) is 15.9. The summed E-state index contributed by atoms with van der Waals surface area (Å²) in [5.41, 5.74) is -0.761. The highest BCUT2D eigenvalue weighted by Crippen LogP contribution is 2.13. The second-order valence-corrected chi connectivity index (χ2v) is 5.81. The first-order valence-electron chi connectivity index (χ1n) is 6.59. The molecule has 0 unspecified atom stereocenters. The van der Waals surface area contributed by atoms with E-state index in [-0.39, 0.29) is 18.4 Å². The van der Waals surface area contributed by atoms with E-state index in [0.29, 0.717) is 6.42 Å². The van der Waals surface area contributed by atoms with Crippen molar-refractivity contribution in [2.24, 2.45) is 11.3 Å². The van der Waals surface area contributed by atoms with Crippen LogP contribution in [0.15, 0.2) is 0 Å². The van der Waals surface area contributed by atoms with Crippen LogP contribution in [0, 0.1) is 11.3 Å². The van der Waals surface area contributed by atoms with Crippen LogP contribution in [0.25, 0.3) is 0 Å². The van der Waals surface area contributed by atoms with Crippen LogP contribution in [-0.2, 0) is 9.59 Å². The zero-order valence-electron chi connectivity index (χ0n) is 12.7. The number of carbonyl (C=O) groups is 3. The summed E-state index contributed by atoms with van der Waals surface area (Å²) < 4.78 is 0. The van der Waals surface area contributed by atoms with Gasteiger partial charge in [-0.1, -0.05) is 13.8 Å². The number of aliphatic carboxylic acids is 1. The van der Waals surface area contributed by atoms with Crippen molar-refractivity contribution in [2.45, 2.75) is 40.2 Å². The summed E-state index contributed by atoms with van der Waals surface area (Å²) in [6.45, 7) is 7.25. The largest absolute Gasteiger partial charge is 0.480 e. The highest BCUT2D eigenvalue weighted by molar-refractivity contribution is 5.84. The Hall–Kier alpha value is -1.79. The van der Waals surface area contributed by atoms with Gasteiger partial charge in [-0.3, -0.25) is 4.79 Å². The Kier molecular flexibility index (Phi) is 7.02. The van der Waals surface area contributed by atoms with Crippen molar-refractivity contribution in [3.05, 3.63) is 0 Å². The molecule has 0 radical (unpaired) electrons. The van der Waals surface area contributed by atoms with Crippen LogP contribution in [0.5, 0.6) is 0 Å². The van der Waals surface area contributed by atoms with E-state index >= 15 is 0 Å². The topological polar surface area (TPSA) is 108 Å². The molecule has 0 aliphatic heterocycles. The molecule has 0 bridgehead atoms. The molecule has 7 nitrogen and oxygen atoms in total. The van der Waals surface area contributed by atoms with Gasteiger partial charge in [-0.25, -0.2) is 9.59 Å². The number of carboxylic acids is 1. The normalized spacial score (nSPS) is 12.7. The van der Waals surface area contributed by atoms with E-state index in [2.05, 4.69) is 16.0 Å². The quantitative estimate of drug-likeness (QED) is 0.548. The van der Waals surface area contributed by atoms with Crippen molar-refractivity contribution in [2.75, 3.05) is 13.6 Å². The number of amides is 3. The maximum Gasteiger partial charge on any atom is 0.326 e. The third-order valence-electron chi connectivity index (χ3n) is 2.84. The molecular formula is C13H25N3O4. The number of hydrogen-bond acceptors (Lipinski definition) is 3. The molecule has 0 aromatic carbocycles. The van der Waals surface area contributed by atoms with Crippen LogP contribution in [0.4, 0.5) is 4.79 Å². The molecule has 4 N–H and O–H groups in total. The summed E-state index contributed by atoms with van der Waals surface area (Å²) in [4.78, 5) is 34.2. The first kappa shape index (κ1) is 18.2. The second-order valence-electron chi connectivity index (χ2n) is 5.81. The van der Waals surface area contributed by atoms with Gasteiger partial charge in [0.1, 0.15) is 6.04 Å². The molecule has 0 heterocycles. The lowest BCUT2D eigenvalue weighted by molar-refractivity contribution is -0.139. The number of nitrogens with one attached hydrogen (secondary N) is 3. The van der Waals surface area contributed by atoms with Crippen LogP contribution < -0.4 is 16.0 Å².